The number of benzene rings is 1. The van der Waals surface area contributed by atoms with E-state index in [0.29, 0.717) is 5.25 Å². The largest absolute Gasteiger partial charge is 0.313 e. The van der Waals surface area contributed by atoms with Crippen molar-refractivity contribution < 1.29 is 0 Å². The Bertz CT molecular complexity index is 326. The number of hydrogen-bond acceptors (Lipinski definition) is 2. The van der Waals surface area contributed by atoms with Crippen molar-refractivity contribution in [2.45, 2.75) is 43.9 Å². The third-order valence-corrected chi connectivity index (χ3v) is 3.87. The lowest BCUT2D eigenvalue weighted by molar-refractivity contribution is 0.673. The molecule has 0 aliphatic rings. The van der Waals surface area contributed by atoms with Crippen molar-refractivity contribution in [2.24, 2.45) is 0 Å². The van der Waals surface area contributed by atoms with E-state index < -0.39 is 0 Å². The van der Waals surface area contributed by atoms with Gasteiger partial charge in [0.25, 0.3) is 0 Å². The minimum absolute atomic E-state index is 0.635. The lowest BCUT2D eigenvalue weighted by Crippen LogP contribution is -2.14. The predicted octanol–water partition coefficient (Wildman–Crippen LogP) is 4.45. The second-order valence-corrected chi connectivity index (χ2v) is 6.60. The maximum Gasteiger partial charge on any atom is 0.0231 e. The highest BCUT2D eigenvalue weighted by Gasteiger charge is 2.03. The molecule has 1 aromatic rings. The molecule has 0 aliphatic heterocycles. The zero-order valence-corrected chi connectivity index (χ0v) is 12.6. The van der Waals surface area contributed by atoms with Crippen LogP contribution in [0, 0.1) is 0 Å². The minimum Gasteiger partial charge on any atom is -0.313 e. The van der Waals surface area contributed by atoms with Gasteiger partial charge >= 0.3 is 0 Å². The third-order valence-electron chi connectivity index (χ3n) is 2.14. The molecule has 0 saturated carbocycles. The summed E-state index contributed by atoms with van der Waals surface area (Å²) in [5, 5.41) is 4.05. The molecular formula is C13H20BrNS. The van der Waals surface area contributed by atoms with Gasteiger partial charge in [-0.05, 0) is 30.7 Å². The van der Waals surface area contributed by atoms with Crippen LogP contribution in [0.2, 0.25) is 0 Å². The van der Waals surface area contributed by atoms with Crippen molar-refractivity contribution in [3.05, 3.63) is 28.2 Å². The summed E-state index contributed by atoms with van der Waals surface area (Å²) in [6.07, 6.45) is 1.18. The van der Waals surface area contributed by atoms with Crippen LogP contribution in [-0.2, 0) is 6.54 Å². The number of thioether (sulfide) groups is 1. The molecule has 0 saturated heterocycles. The number of halogens is 1. The summed E-state index contributed by atoms with van der Waals surface area (Å²) in [6, 6.07) is 6.63. The zero-order chi connectivity index (χ0) is 12.0. The van der Waals surface area contributed by atoms with Crippen molar-refractivity contribution in [2.75, 3.05) is 6.54 Å². The first-order chi connectivity index (χ1) is 7.63. The van der Waals surface area contributed by atoms with Crippen LogP contribution in [0.1, 0.15) is 32.8 Å². The fraction of sp³-hybridized carbons (Fsp3) is 0.538. The van der Waals surface area contributed by atoms with Crippen molar-refractivity contribution >= 4 is 27.7 Å². The third kappa shape index (κ3) is 4.89. The van der Waals surface area contributed by atoms with E-state index in [1.807, 2.05) is 11.8 Å². The van der Waals surface area contributed by atoms with E-state index in [9.17, 15) is 0 Å². The molecule has 1 rings (SSSR count). The highest BCUT2D eigenvalue weighted by molar-refractivity contribution is 9.10. The van der Waals surface area contributed by atoms with Crippen LogP contribution in [0.5, 0.6) is 0 Å². The predicted molar refractivity (Wildman–Crippen MR) is 77.1 cm³/mol. The van der Waals surface area contributed by atoms with E-state index >= 15 is 0 Å². The summed E-state index contributed by atoms with van der Waals surface area (Å²) in [6.45, 7) is 8.64. The van der Waals surface area contributed by atoms with Gasteiger partial charge < -0.3 is 5.32 Å². The Labute approximate surface area is 112 Å². The molecule has 0 heterocycles. The minimum atomic E-state index is 0.635. The second-order valence-electron chi connectivity index (χ2n) is 4.10. The molecule has 0 unspecified atom stereocenters. The molecule has 0 fully saturated rings. The van der Waals surface area contributed by atoms with E-state index in [1.54, 1.807) is 0 Å². The van der Waals surface area contributed by atoms with Crippen LogP contribution in [-0.4, -0.2) is 11.8 Å². The Morgan fingerprint density at radius 2 is 2.12 bits per heavy atom. The molecule has 0 spiro atoms. The standard InChI is InChI=1S/C13H20BrNS/c1-4-7-15-9-11-5-6-12(8-13(11)14)16-10(2)3/h5-6,8,10,15H,4,7,9H2,1-3H3. The molecule has 1 aromatic carbocycles. The molecular weight excluding hydrogens is 282 g/mol. The number of hydrogen-bond donors (Lipinski definition) is 1. The summed E-state index contributed by atoms with van der Waals surface area (Å²) in [5.41, 5.74) is 1.33. The Hall–Kier alpha value is 0.01000. The molecule has 3 heteroatoms. The maximum absolute atomic E-state index is 3.64. The van der Waals surface area contributed by atoms with Crippen molar-refractivity contribution in [1.82, 2.24) is 5.32 Å². The Morgan fingerprint density at radius 3 is 2.69 bits per heavy atom. The van der Waals surface area contributed by atoms with E-state index in [2.05, 4.69) is 60.2 Å². The van der Waals surface area contributed by atoms with Gasteiger partial charge in [-0.1, -0.05) is 42.8 Å². The molecule has 16 heavy (non-hydrogen) atoms. The maximum atomic E-state index is 3.64. The normalized spacial score (nSPS) is 11.1. The van der Waals surface area contributed by atoms with Crippen LogP contribution in [0.3, 0.4) is 0 Å². The smallest absolute Gasteiger partial charge is 0.0231 e. The fourth-order valence-electron chi connectivity index (χ4n) is 1.42. The molecule has 0 amide bonds. The lowest BCUT2D eigenvalue weighted by Gasteiger charge is -2.09. The first kappa shape index (κ1) is 14.1. The molecule has 1 N–H and O–H groups in total. The van der Waals surface area contributed by atoms with Crippen molar-refractivity contribution in [3.63, 3.8) is 0 Å². The second kappa shape index (κ2) is 7.36. The van der Waals surface area contributed by atoms with E-state index in [4.69, 9.17) is 0 Å². The highest BCUT2D eigenvalue weighted by Crippen LogP contribution is 2.27. The van der Waals surface area contributed by atoms with Gasteiger partial charge in [0.1, 0.15) is 0 Å². The van der Waals surface area contributed by atoms with Gasteiger partial charge in [0.05, 0.1) is 0 Å². The van der Waals surface area contributed by atoms with Gasteiger partial charge in [-0.15, -0.1) is 11.8 Å². The van der Waals surface area contributed by atoms with Crippen LogP contribution < -0.4 is 5.32 Å². The van der Waals surface area contributed by atoms with Crippen molar-refractivity contribution in [3.8, 4) is 0 Å². The summed E-state index contributed by atoms with van der Waals surface area (Å²) < 4.78 is 1.21. The number of nitrogens with one attached hydrogen (secondary N) is 1. The van der Waals surface area contributed by atoms with E-state index in [1.165, 1.54) is 21.4 Å². The fourth-order valence-corrected chi connectivity index (χ4v) is 2.96. The summed E-state index contributed by atoms with van der Waals surface area (Å²) >= 11 is 5.54. The van der Waals surface area contributed by atoms with E-state index in [-0.39, 0.29) is 0 Å². The van der Waals surface area contributed by atoms with Crippen molar-refractivity contribution in [1.29, 1.82) is 0 Å². The van der Waals surface area contributed by atoms with E-state index in [0.717, 1.165) is 13.1 Å². The Morgan fingerprint density at radius 1 is 1.38 bits per heavy atom. The average molecular weight is 302 g/mol. The quantitative estimate of drug-likeness (QED) is 0.615. The molecule has 0 radical (unpaired) electrons. The summed E-state index contributed by atoms with van der Waals surface area (Å²) in [7, 11) is 0. The molecule has 0 atom stereocenters. The molecule has 90 valence electrons. The topological polar surface area (TPSA) is 12.0 Å². The van der Waals surface area contributed by atoms with Gasteiger partial charge in [0.2, 0.25) is 0 Å². The average Bonchev–Trinajstić information content (AvgIpc) is 2.20. The van der Waals surface area contributed by atoms with Crippen LogP contribution in [0.15, 0.2) is 27.6 Å². The van der Waals surface area contributed by atoms with Gasteiger partial charge in [-0.25, -0.2) is 0 Å². The molecule has 0 aromatic heterocycles. The molecule has 0 bridgehead atoms. The lowest BCUT2D eigenvalue weighted by atomic mass is 10.2. The van der Waals surface area contributed by atoms with Crippen LogP contribution >= 0.6 is 27.7 Å². The van der Waals surface area contributed by atoms with Gasteiger partial charge in [-0.3, -0.25) is 0 Å². The first-order valence-corrected chi connectivity index (χ1v) is 7.46. The monoisotopic (exact) mass is 301 g/mol. The van der Waals surface area contributed by atoms with Crippen LogP contribution in [0.25, 0.3) is 0 Å². The zero-order valence-electron chi connectivity index (χ0n) is 10.2. The Kier molecular flexibility index (Phi) is 6.47. The number of rotatable bonds is 6. The van der Waals surface area contributed by atoms with Gasteiger partial charge in [-0.2, -0.15) is 0 Å². The van der Waals surface area contributed by atoms with Gasteiger partial charge in [0, 0.05) is 21.2 Å². The summed E-state index contributed by atoms with van der Waals surface area (Å²) in [4.78, 5) is 1.33. The van der Waals surface area contributed by atoms with Crippen LogP contribution in [0.4, 0.5) is 0 Å². The highest BCUT2D eigenvalue weighted by atomic mass is 79.9. The molecule has 1 nitrogen and oxygen atoms in total. The molecule has 0 aliphatic carbocycles. The summed E-state index contributed by atoms with van der Waals surface area (Å²) in [5.74, 6) is 0. The Balaban J connectivity index is 2.60. The van der Waals surface area contributed by atoms with Gasteiger partial charge in [0.15, 0.2) is 0 Å². The SMILES string of the molecule is CCCNCc1ccc(SC(C)C)cc1Br. The first-order valence-electron chi connectivity index (χ1n) is 5.79.